The Morgan fingerprint density at radius 2 is 2.00 bits per heavy atom. The summed E-state index contributed by atoms with van der Waals surface area (Å²) in [7, 11) is 0. The summed E-state index contributed by atoms with van der Waals surface area (Å²) in [5, 5.41) is 16.5. The highest BCUT2D eigenvalue weighted by Gasteiger charge is 2.11. The number of hydrazone groups is 1. The molecule has 1 heterocycles. The van der Waals surface area contributed by atoms with Crippen molar-refractivity contribution in [3.8, 4) is 0 Å². The number of hydrogen-bond acceptors (Lipinski definition) is 5. The predicted octanol–water partition coefficient (Wildman–Crippen LogP) is 4.90. The molecule has 0 aliphatic carbocycles. The maximum Gasteiger partial charge on any atom is 0.288 e. The first kappa shape index (κ1) is 16.2. The van der Waals surface area contributed by atoms with Crippen LogP contribution in [-0.2, 0) is 0 Å². The monoisotopic (exact) mass is 360 g/mol. The number of nitro groups is 1. The van der Waals surface area contributed by atoms with Crippen molar-refractivity contribution in [1.82, 2.24) is 4.98 Å². The number of nitrogens with zero attached hydrogens (tertiary/aromatic N) is 3. The largest absolute Gasteiger partial charge is 0.288 e. The Labute approximate surface area is 146 Å². The number of aromatic nitrogens is 1. The summed E-state index contributed by atoms with van der Waals surface area (Å²) >= 11 is 11.7. The van der Waals surface area contributed by atoms with Crippen LogP contribution in [0.4, 0.5) is 11.4 Å². The summed E-state index contributed by atoms with van der Waals surface area (Å²) in [5.41, 5.74) is 4.78. The molecule has 2 aromatic carbocycles. The van der Waals surface area contributed by atoms with E-state index in [1.54, 1.807) is 30.5 Å². The van der Waals surface area contributed by atoms with Gasteiger partial charge in [0.15, 0.2) is 0 Å². The highest BCUT2D eigenvalue weighted by molar-refractivity contribution is 6.32. The molecule has 1 aromatic heterocycles. The SMILES string of the molecule is O=[N+]([O-])c1cc(/C=N\Nc2ccnc3cc(Cl)ccc23)ccc1Cl. The number of pyridine rings is 1. The maximum absolute atomic E-state index is 10.9. The van der Waals surface area contributed by atoms with Crippen molar-refractivity contribution in [2.24, 2.45) is 5.10 Å². The van der Waals surface area contributed by atoms with Gasteiger partial charge in [0.1, 0.15) is 5.02 Å². The van der Waals surface area contributed by atoms with E-state index in [2.05, 4.69) is 15.5 Å². The van der Waals surface area contributed by atoms with Gasteiger partial charge in [0.25, 0.3) is 5.69 Å². The van der Waals surface area contributed by atoms with Crippen molar-refractivity contribution >= 4 is 51.7 Å². The molecule has 0 bridgehead atoms. The van der Waals surface area contributed by atoms with Crippen molar-refractivity contribution in [2.75, 3.05) is 5.43 Å². The van der Waals surface area contributed by atoms with E-state index in [0.717, 1.165) is 16.6 Å². The average Bonchev–Trinajstić information content (AvgIpc) is 2.56. The minimum Gasteiger partial charge on any atom is -0.278 e. The third kappa shape index (κ3) is 3.45. The first-order chi connectivity index (χ1) is 11.5. The van der Waals surface area contributed by atoms with Gasteiger partial charge in [0, 0.05) is 28.2 Å². The minimum atomic E-state index is -0.535. The minimum absolute atomic E-state index is 0.0853. The van der Waals surface area contributed by atoms with Crippen molar-refractivity contribution in [3.05, 3.63) is 74.4 Å². The van der Waals surface area contributed by atoms with Crippen LogP contribution >= 0.6 is 23.2 Å². The summed E-state index contributed by atoms with van der Waals surface area (Å²) in [4.78, 5) is 14.6. The Hall–Kier alpha value is -2.70. The average molecular weight is 361 g/mol. The molecule has 0 atom stereocenters. The van der Waals surface area contributed by atoms with Gasteiger partial charge in [-0.05, 0) is 30.3 Å². The van der Waals surface area contributed by atoms with Crippen molar-refractivity contribution in [2.45, 2.75) is 0 Å². The summed E-state index contributed by atoms with van der Waals surface area (Å²) in [6, 6.07) is 11.6. The van der Waals surface area contributed by atoms with Crippen LogP contribution in [0.15, 0.2) is 53.8 Å². The van der Waals surface area contributed by atoms with E-state index < -0.39 is 4.92 Å². The van der Waals surface area contributed by atoms with Crippen molar-refractivity contribution < 1.29 is 4.92 Å². The van der Waals surface area contributed by atoms with E-state index in [4.69, 9.17) is 23.2 Å². The molecule has 0 amide bonds. The fraction of sp³-hybridized carbons (Fsp3) is 0. The Morgan fingerprint density at radius 1 is 1.17 bits per heavy atom. The lowest BCUT2D eigenvalue weighted by Gasteiger charge is -2.05. The zero-order valence-corrected chi connectivity index (χ0v) is 13.6. The quantitative estimate of drug-likeness (QED) is 0.407. The number of nitrogens with one attached hydrogen (secondary N) is 1. The molecule has 24 heavy (non-hydrogen) atoms. The molecule has 6 nitrogen and oxygen atoms in total. The molecule has 0 spiro atoms. The molecule has 8 heteroatoms. The summed E-state index contributed by atoms with van der Waals surface area (Å²) in [6.07, 6.45) is 3.12. The van der Waals surface area contributed by atoms with Gasteiger partial charge in [0.2, 0.25) is 0 Å². The van der Waals surface area contributed by atoms with Gasteiger partial charge in [-0.3, -0.25) is 20.5 Å². The molecule has 120 valence electrons. The predicted molar refractivity (Wildman–Crippen MR) is 96.1 cm³/mol. The number of benzene rings is 2. The van der Waals surface area contributed by atoms with Gasteiger partial charge < -0.3 is 0 Å². The van der Waals surface area contributed by atoms with Gasteiger partial charge in [-0.1, -0.05) is 29.3 Å². The molecule has 0 radical (unpaired) electrons. The lowest BCUT2D eigenvalue weighted by Crippen LogP contribution is -1.94. The van der Waals surface area contributed by atoms with E-state index in [9.17, 15) is 10.1 Å². The van der Waals surface area contributed by atoms with Crippen LogP contribution in [0.2, 0.25) is 10.0 Å². The molecule has 3 rings (SSSR count). The number of rotatable bonds is 4. The summed E-state index contributed by atoms with van der Waals surface area (Å²) < 4.78 is 0. The lowest BCUT2D eigenvalue weighted by molar-refractivity contribution is -0.384. The Bertz CT molecular complexity index is 960. The molecule has 0 unspecified atom stereocenters. The number of nitro benzene ring substituents is 1. The van der Waals surface area contributed by atoms with Crippen LogP contribution in [0.1, 0.15) is 5.56 Å². The highest BCUT2D eigenvalue weighted by atomic mass is 35.5. The van der Waals surface area contributed by atoms with Crippen LogP contribution in [0.3, 0.4) is 0 Å². The number of anilines is 1. The van der Waals surface area contributed by atoms with E-state index in [0.29, 0.717) is 10.6 Å². The normalized spacial score (nSPS) is 11.1. The first-order valence-corrected chi connectivity index (χ1v) is 7.57. The first-order valence-electron chi connectivity index (χ1n) is 6.82. The van der Waals surface area contributed by atoms with Crippen LogP contribution in [-0.4, -0.2) is 16.1 Å². The maximum atomic E-state index is 10.9. The van der Waals surface area contributed by atoms with E-state index in [1.807, 2.05) is 6.07 Å². The van der Waals surface area contributed by atoms with Gasteiger partial charge in [0.05, 0.1) is 22.3 Å². The zero-order valence-electron chi connectivity index (χ0n) is 12.1. The standard InChI is InChI=1S/C16H10Cl2N4O2/c17-11-2-3-12-14(5-6-19-15(12)8-11)21-20-9-10-1-4-13(18)16(7-10)22(23)24/h1-9H,(H,19,21)/b20-9-. The van der Waals surface area contributed by atoms with Crippen LogP contribution < -0.4 is 5.43 Å². The molecule has 0 aliphatic rings. The van der Waals surface area contributed by atoms with E-state index in [1.165, 1.54) is 18.3 Å². The highest BCUT2D eigenvalue weighted by Crippen LogP contribution is 2.25. The molecule has 3 aromatic rings. The Morgan fingerprint density at radius 3 is 2.79 bits per heavy atom. The molecule has 1 N–H and O–H groups in total. The van der Waals surface area contributed by atoms with Gasteiger partial charge in [-0.2, -0.15) is 5.10 Å². The molecular formula is C16H10Cl2N4O2. The van der Waals surface area contributed by atoms with Gasteiger partial charge in [-0.15, -0.1) is 0 Å². The number of hydrogen-bond donors (Lipinski definition) is 1. The second-order valence-corrected chi connectivity index (χ2v) is 5.70. The molecule has 0 saturated carbocycles. The Kier molecular flexibility index (Phi) is 4.59. The fourth-order valence-corrected chi connectivity index (χ4v) is 2.50. The van der Waals surface area contributed by atoms with Crippen LogP contribution in [0, 0.1) is 10.1 Å². The third-order valence-electron chi connectivity index (χ3n) is 3.27. The topological polar surface area (TPSA) is 80.4 Å². The molecule has 0 aliphatic heterocycles. The lowest BCUT2D eigenvalue weighted by atomic mass is 10.2. The molecule has 0 saturated heterocycles. The fourth-order valence-electron chi connectivity index (χ4n) is 2.15. The second-order valence-electron chi connectivity index (χ2n) is 4.86. The molecule has 0 fully saturated rings. The van der Waals surface area contributed by atoms with E-state index >= 15 is 0 Å². The smallest absolute Gasteiger partial charge is 0.278 e. The Balaban J connectivity index is 1.85. The van der Waals surface area contributed by atoms with Crippen molar-refractivity contribution in [1.29, 1.82) is 0 Å². The zero-order chi connectivity index (χ0) is 17.1. The summed E-state index contributed by atoms with van der Waals surface area (Å²) in [6.45, 7) is 0. The van der Waals surface area contributed by atoms with E-state index in [-0.39, 0.29) is 10.7 Å². The van der Waals surface area contributed by atoms with Crippen molar-refractivity contribution in [3.63, 3.8) is 0 Å². The summed E-state index contributed by atoms with van der Waals surface area (Å²) in [5.74, 6) is 0. The molecular weight excluding hydrogens is 351 g/mol. The number of halogens is 2. The third-order valence-corrected chi connectivity index (χ3v) is 3.82. The van der Waals surface area contributed by atoms with Crippen LogP contribution in [0.25, 0.3) is 10.9 Å². The van der Waals surface area contributed by atoms with Gasteiger partial charge >= 0.3 is 0 Å². The second kappa shape index (κ2) is 6.82. The number of fused-ring (bicyclic) bond motifs is 1. The van der Waals surface area contributed by atoms with Gasteiger partial charge in [-0.25, -0.2) is 0 Å². The van der Waals surface area contributed by atoms with Crippen LogP contribution in [0.5, 0.6) is 0 Å².